The summed E-state index contributed by atoms with van der Waals surface area (Å²) in [4.78, 5) is 6.10. The Labute approximate surface area is 77.6 Å². The van der Waals surface area contributed by atoms with E-state index in [1.54, 1.807) is 12.4 Å². The van der Waals surface area contributed by atoms with Gasteiger partial charge in [-0.15, -0.1) is 0 Å². The number of nitrogens with zero attached hydrogens (tertiary/aromatic N) is 3. The van der Waals surface area contributed by atoms with Crippen LogP contribution in [0.5, 0.6) is 0 Å². The van der Waals surface area contributed by atoms with Crippen molar-refractivity contribution < 1.29 is 0 Å². The van der Waals surface area contributed by atoms with Gasteiger partial charge in [0.2, 0.25) is 0 Å². The molecular weight excluding hydrogens is 162 g/mol. The molecule has 1 aromatic heterocycles. The lowest BCUT2D eigenvalue weighted by Crippen LogP contribution is -2.54. The Bertz CT molecular complexity index is 341. The minimum absolute atomic E-state index is 0.408. The molecule has 0 bridgehead atoms. The lowest BCUT2D eigenvalue weighted by Gasteiger charge is -2.45. The van der Waals surface area contributed by atoms with Crippen molar-refractivity contribution in [1.29, 1.82) is 5.26 Å². The number of pyridine rings is 1. The van der Waals surface area contributed by atoms with Crippen LogP contribution in [0.3, 0.4) is 0 Å². The van der Waals surface area contributed by atoms with Crippen LogP contribution in [0, 0.1) is 11.3 Å². The van der Waals surface area contributed by atoms with Gasteiger partial charge in [0.05, 0.1) is 6.07 Å². The second-order valence-corrected chi connectivity index (χ2v) is 3.39. The van der Waals surface area contributed by atoms with Gasteiger partial charge in [0, 0.05) is 24.5 Å². The molecule has 2 heterocycles. The Hall–Kier alpha value is -1.40. The second kappa shape index (κ2) is 2.82. The minimum atomic E-state index is -0.408. The average molecular weight is 173 g/mol. The van der Waals surface area contributed by atoms with Gasteiger partial charge in [0.25, 0.3) is 0 Å². The highest BCUT2D eigenvalue weighted by Crippen LogP contribution is 2.37. The largest absolute Gasteiger partial charge is 0.285 e. The van der Waals surface area contributed by atoms with Gasteiger partial charge in [0.15, 0.2) is 0 Å². The molecular formula is C10H11N3. The number of aromatic nitrogens is 1. The summed E-state index contributed by atoms with van der Waals surface area (Å²) in [5, 5.41) is 9.14. The van der Waals surface area contributed by atoms with Crippen LogP contribution in [0.2, 0.25) is 0 Å². The van der Waals surface area contributed by atoms with Gasteiger partial charge in [-0.25, -0.2) is 0 Å². The van der Waals surface area contributed by atoms with Gasteiger partial charge in [-0.05, 0) is 19.5 Å². The van der Waals surface area contributed by atoms with E-state index in [1.165, 1.54) is 0 Å². The first-order chi connectivity index (χ1) is 6.29. The number of rotatable bonds is 1. The molecule has 0 saturated carbocycles. The van der Waals surface area contributed by atoms with Crippen LogP contribution in [0.25, 0.3) is 0 Å². The fourth-order valence-electron chi connectivity index (χ4n) is 1.74. The summed E-state index contributed by atoms with van der Waals surface area (Å²) in [5.74, 6) is 0. The molecule has 0 radical (unpaired) electrons. The Morgan fingerprint density at radius 3 is 2.92 bits per heavy atom. The lowest BCUT2D eigenvalue weighted by atomic mass is 9.81. The fourth-order valence-corrected chi connectivity index (χ4v) is 1.74. The van der Waals surface area contributed by atoms with E-state index >= 15 is 0 Å². The standard InChI is InChI=1S/C10H11N3/c1-13-6-4-10(13,8-11)9-3-2-5-12-7-9/h2-3,5,7H,4,6H2,1H3. The maximum atomic E-state index is 9.14. The average Bonchev–Trinajstić information content (AvgIpc) is 2.19. The summed E-state index contributed by atoms with van der Waals surface area (Å²) in [7, 11) is 1.97. The van der Waals surface area contributed by atoms with Crippen molar-refractivity contribution in [1.82, 2.24) is 9.88 Å². The van der Waals surface area contributed by atoms with Crippen molar-refractivity contribution in [3.8, 4) is 6.07 Å². The lowest BCUT2D eigenvalue weighted by molar-refractivity contribution is 0.0589. The van der Waals surface area contributed by atoms with Crippen molar-refractivity contribution in [3.05, 3.63) is 30.1 Å². The van der Waals surface area contributed by atoms with Crippen molar-refractivity contribution in [2.45, 2.75) is 12.0 Å². The topological polar surface area (TPSA) is 39.9 Å². The third kappa shape index (κ3) is 1.03. The highest BCUT2D eigenvalue weighted by atomic mass is 15.2. The van der Waals surface area contributed by atoms with Crippen LogP contribution in [0.15, 0.2) is 24.5 Å². The van der Waals surface area contributed by atoms with Crippen LogP contribution in [-0.2, 0) is 5.54 Å². The van der Waals surface area contributed by atoms with E-state index in [-0.39, 0.29) is 0 Å². The third-order valence-electron chi connectivity index (χ3n) is 2.78. The summed E-state index contributed by atoms with van der Waals surface area (Å²) in [6.07, 6.45) is 4.41. The van der Waals surface area contributed by atoms with E-state index in [1.807, 2.05) is 19.2 Å². The fraction of sp³-hybridized carbons (Fsp3) is 0.400. The number of hydrogen-bond acceptors (Lipinski definition) is 3. The zero-order valence-corrected chi connectivity index (χ0v) is 7.57. The van der Waals surface area contributed by atoms with Crippen LogP contribution in [0.1, 0.15) is 12.0 Å². The molecule has 1 aliphatic heterocycles. The zero-order chi connectivity index (χ0) is 9.31. The van der Waals surface area contributed by atoms with E-state index in [9.17, 15) is 0 Å². The van der Waals surface area contributed by atoms with E-state index < -0.39 is 5.54 Å². The van der Waals surface area contributed by atoms with Crippen molar-refractivity contribution in [2.75, 3.05) is 13.6 Å². The summed E-state index contributed by atoms with van der Waals surface area (Å²) >= 11 is 0. The van der Waals surface area contributed by atoms with Crippen LogP contribution in [-0.4, -0.2) is 23.5 Å². The summed E-state index contributed by atoms with van der Waals surface area (Å²) < 4.78 is 0. The molecule has 3 nitrogen and oxygen atoms in total. The summed E-state index contributed by atoms with van der Waals surface area (Å²) in [5.41, 5.74) is 0.597. The highest BCUT2D eigenvalue weighted by Gasteiger charge is 2.44. The third-order valence-corrected chi connectivity index (χ3v) is 2.78. The van der Waals surface area contributed by atoms with E-state index in [4.69, 9.17) is 5.26 Å². The molecule has 13 heavy (non-hydrogen) atoms. The van der Waals surface area contributed by atoms with Crippen LogP contribution >= 0.6 is 0 Å². The SMILES string of the molecule is CN1CCC1(C#N)c1cccnc1. The zero-order valence-electron chi connectivity index (χ0n) is 7.57. The minimum Gasteiger partial charge on any atom is -0.285 e. The molecule has 1 atom stereocenters. The van der Waals surface area contributed by atoms with E-state index in [0.717, 1.165) is 18.5 Å². The van der Waals surface area contributed by atoms with Crippen LogP contribution in [0.4, 0.5) is 0 Å². The normalized spacial score (nSPS) is 27.7. The summed E-state index contributed by atoms with van der Waals surface area (Å²) in [6, 6.07) is 6.21. The first-order valence-corrected chi connectivity index (χ1v) is 4.32. The van der Waals surface area contributed by atoms with Gasteiger partial charge < -0.3 is 0 Å². The monoisotopic (exact) mass is 173 g/mol. The van der Waals surface area contributed by atoms with Gasteiger partial charge in [-0.1, -0.05) is 6.07 Å². The number of likely N-dealkylation sites (tertiary alicyclic amines) is 1. The predicted molar refractivity (Wildman–Crippen MR) is 48.8 cm³/mol. The maximum Gasteiger partial charge on any atom is 0.137 e. The Morgan fingerprint density at radius 1 is 1.69 bits per heavy atom. The van der Waals surface area contributed by atoms with Crippen molar-refractivity contribution in [2.24, 2.45) is 0 Å². The van der Waals surface area contributed by atoms with Gasteiger partial charge in [-0.2, -0.15) is 5.26 Å². The molecule has 1 fully saturated rings. The molecule has 1 unspecified atom stereocenters. The van der Waals surface area contributed by atoms with E-state index in [0.29, 0.717) is 0 Å². The smallest absolute Gasteiger partial charge is 0.137 e. The maximum absolute atomic E-state index is 9.14. The van der Waals surface area contributed by atoms with Gasteiger partial charge >= 0.3 is 0 Å². The molecule has 0 aliphatic carbocycles. The quantitative estimate of drug-likeness (QED) is 0.639. The predicted octanol–water partition coefficient (Wildman–Crippen LogP) is 1.14. The first-order valence-electron chi connectivity index (χ1n) is 4.32. The Kier molecular flexibility index (Phi) is 1.78. The Morgan fingerprint density at radius 2 is 2.54 bits per heavy atom. The molecule has 0 amide bonds. The van der Waals surface area contributed by atoms with Gasteiger partial charge in [-0.3, -0.25) is 9.88 Å². The Balaban J connectivity index is 2.40. The van der Waals surface area contributed by atoms with Crippen molar-refractivity contribution >= 4 is 0 Å². The molecule has 0 spiro atoms. The second-order valence-electron chi connectivity index (χ2n) is 3.39. The number of nitriles is 1. The van der Waals surface area contributed by atoms with E-state index in [2.05, 4.69) is 16.0 Å². The molecule has 66 valence electrons. The highest BCUT2D eigenvalue weighted by molar-refractivity contribution is 5.32. The molecule has 1 aromatic rings. The molecule has 1 saturated heterocycles. The molecule has 2 rings (SSSR count). The van der Waals surface area contributed by atoms with Crippen molar-refractivity contribution in [3.63, 3.8) is 0 Å². The first kappa shape index (κ1) is 8.21. The summed E-state index contributed by atoms with van der Waals surface area (Å²) in [6.45, 7) is 0.989. The molecule has 1 aliphatic rings. The number of hydrogen-bond donors (Lipinski definition) is 0. The molecule has 0 N–H and O–H groups in total. The molecule has 0 aromatic carbocycles. The van der Waals surface area contributed by atoms with Gasteiger partial charge in [0.1, 0.15) is 5.54 Å². The molecule has 3 heteroatoms. The van der Waals surface area contributed by atoms with Crippen LogP contribution < -0.4 is 0 Å².